The number of amides is 1. The molecule has 134 valence electrons. The van der Waals surface area contributed by atoms with Gasteiger partial charge in [0.05, 0.1) is 18.9 Å². The van der Waals surface area contributed by atoms with Gasteiger partial charge in [0.15, 0.2) is 0 Å². The summed E-state index contributed by atoms with van der Waals surface area (Å²) in [5, 5.41) is 3.18. The molecule has 25 heavy (non-hydrogen) atoms. The van der Waals surface area contributed by atoms with E-state index in [0.717, 1.165) is 22.6 Å². The van der Waals surface area contributed by atoms with Crippen LogP contribution in [-0.2, 0) is 4.79 Å². The lowest BCUT2D eigenvalue weighted by molar-refractivity contribution is -0.119. The van der Waals surface area contributed by atoms with Gasteiger partial charge in [0, 0.05) is 4.90 Å². The molecule has 2 aromatic carbocycles. The monoisotopic (exact) mass is 357 g/mol. The molecule has 1 N–H and O–H groups in total. The second-order valence-electron chi connectivity index (χ2n) is 6.62. The van der Waals surface area contributed by atoms with Crippen molar-refractivity contribution in [2.24, 2.45) is 5.92 Å². The lowest BCUT2D eigenvalue weighted by atomic mass is 9.97. The number of carbonyl (C=O) groups is 1. The van der Waals surface area contributed by atoms with Crippen molar-refractivity contribution in [1.29, 1.82) is 0 Å². The summed E-state index contributed by atoms with van der Waals surface area (Å²) in [5.41, 5.74) is 2.34. The van der Waals surface area contributed by atoms with Crippen LogP contribution in [0.3, 0.4) is 0 Å². The van der Waals surface area contributed by atoms with E-state index < -0.39 is 0 Å². The molecule has 0 spiro atoms. The standard InChI is InChI=1S/C21H27NO2S/c1-15(2)13-20(17-7-9-18(24-4)10-8-17)22-21(23)14-25-19-11-5-16(3)6-12-19/h5-12,15,20H,13-14H2,1-4H3,(H,22,23)/t20-/m1/s1. The van der Waals surface area contributed by atoms with Crippen LogP contribution in [0.2, 0.25) is 0 Å². The molecule has 4 heteroatoms. The minimum atomic E-state index is 0.0250. The van der Waals surface area contributed by atoms with E-state index >= 15 is 0 Å². The maximum absolute atomic E-state index is 12.4. The Bertz CT molecular complexity index is 665. The molecular formula is C21H27NO2S. The first-order chi connectivity index (χ1) is 12.0. The molecule has 0 fully saturated rings. The van der Waals surface area contributed by atoms with Gasteiger partial charge in [-0.25, -0.2) is 0 Å². The van der Waals surface area contributed by atoms with Gasteiger partial charge in [-0.1, -0.05) is 43.7 Å². The number of benzene rings is 2. The van der Waals surface area contributed by atoms with E-state index in [-0.39, 0.29) is 11.9 Å². The summed E-state index contributed by atoms with van der Waals surface area (Å²) >= 11 is 1.57. The van der Waals surface area contributed by atoms with Gasteiger partial charge >= 0.3 is 0 Å². The predicted molar refractivity (Wildman–Crippen MR) is 105 cm³/mol. The van der Waals surface area contributed by atoms with Gasteiger partial charge in [0.1, 0.15) is 5.75 Å². The Morgan fingerprint density at radius 1 is 1.08 bits per heavy atom. The lowest BCUT2D eigenvalue weighted by Gasteiger charge is -2.21. The highest BCUT2D eigenvalue weighted by molar-refractivity contribution is 8.00. The zero-order chi connectivity index (χ0) is 18.2. The summed E-state index contributed by atoms with van der Waals surface area (Å²) in [6, 6.07) is 16.2. The van der Waals surface area contributed by atoms with Gasteiger partial charge in [-0.15, -0.1) is 11.8 Å². The first kappa shape index (κ1) is 19.4. The number of thioether (sulfide) groups is 1. The molecule has 0 aliphatic heterocycles. The number of methoxy groups -OCH3 is 1. The van der Waals surface area contributed by atoms with Gasteiger partial charge in [-0.3, -0.25) is 4.79 Å². The predicted octanol–water partition coefficient (Wildman–Crippen LogP) is 5.00. The van der Waals surface area contributed by atoms with Gasteiger partial charge in [-0.05, 0) is 49.1 Å². The third-order valence-electron chi connectivity index (χ3n) is 3.95. The molecule has 1 amide bonds. The second-order valence-corrected chi connectivity index (χ2v) is 7.67. The molecule has 0 heterocycles. The first-order valence-corrected chi connectivity index (χ1v) is 9.59. The Hall–Kier alpha value is -1.94. The Balaban J connectivity index is 1.97. The quantitative estimate of drug-likeness (QED) is 0.676. The van der Waals surface area contributed by atoms with Crippen molar-refractivity contribution in [2.75, 3.05) is 12.9 Å². The van der Waals surface area contributed by atoms with Gasteiger partial charge < -0.3 is 10.1 Å². The van der Waals surface area contributed by atoms with Gasteiger partial charge in [0.2, 0.25) is 5.91 Å². The average molecular weight is 358 g/mol. The molecule has 0 saturated heterocycles. The Labute approximate surface area is 155 Å². The zero-order valence-electron chi connectivity index (χ0n) is 15.4. The number of rotatable bonds is 8. The molecule has 0 aliphatic carbocycles. The summed E-state index contributed by atoms with van der Waals surface area (Å²) in [5.74, 6) is 1.81. The molecule has 1 atom stereocenters. The topological polar surface area (TPSA) is 38.3 Å². The van der Waals surface area contributed by atoms with Crippen LogP contribution in [0.5, 0.6) is 5.75 Å². The van der Waals surface area contributed by atoms with Crippen LogP contribution in [0.4, 0.5) is 0 Å². The number of nitrogens with one attached hydrogen (secondary N) is 1. The molecule has 0 aromatic heterocycles. The van der Waals surface area contributed by atoms with Crippen LogP contribution >= 0.6 is 11.8 Å². The summed E-state index contributed by atoms with van der Waals surface area (Å²) in [6.45, 7) is 6.40. The molecule has 3 nitrogen and oxygen atoms in total. The highest BCUT2D eigenvalue weighted by Crippen LogP contribution is 2.24. The molecular weight excluding hydrogens is 330 g/mol. The summed E-state index contributed by atoms with van der Waals surface area (Å²) < 4.78 is 5.22. The molecule has 0 unspecified atom stereocenters. The van der Waals surface area contributed by atoms with E-state index in [0.29, 0.717) is 11.7 Å². The van der Waals surface area contributed by atoms with Crippen molar-refractivity contribution in [3.8, 4) is 5.75 Å². The number of ether oxygens (including phenoxy) is 1. The Morgan fingerprint density at radius 3 is 2.28 bits per heavy atom. The third-order valence-corrected chi connectivity index (χ3v) is 4.96. The van der Waals surface area contributed by atoms with Crippen molar-refractivity contribution in [3.63, 3.8) is 0 Å². The Kier molecular flexibility index (Phi) is 7.38. The smallest absolute Gasteiger partial charge is 0.230 e. The maximum atomic E-state index is 12.4. The van der Waals surface area contributed by atoms with Crippen molar-refractivity contribution in [2.45, 2.75) is 38.1 Å². The number of aryl methyl sites for hydroxylation is 1. The second kappa shape index (κ2) is 9.52. The minimum absolute atomic E-state index is 0.0250. The molecule has 0 saturated carbocycles. The van der Waals surface area contributed by atoms with E-state index in [2.05, 4.69) is 50.4 Å². The van der Waals surface area contributed by atoms with Crippen LogP contribution < -0.4 is 10.1 Å². The minimum Gasteiger partial charge on any atom is -0.497 e. The largest absolute Gasteiger partial charge is 0.497 e. The Morgan fingerprint density at radius 2 is 1.72 bits per heavy atom. The fourth-order valence-corrected chi connectivity index (χ4v) is 3.31. The normalized spacial score (nSPS) is 12.0. The van der Waals surface area contributed by atoms with Crippen molar-refractivity contribution in [3.05, 3.63) is 59.7 Å². The van der Waals surface area contributed by atoms with Crippen LogP contribution in [-0.4, -0.2) is 18.8 Å². The van der Waals surface area contributed by atoms with E-state index in [4.69, 9.17) is 4.74 Å². The number of carbonyl (C=O) groups excluding carboxylic acids is 1. The molecule has 0 bridgehead atoms. The maximum Gasteiger partial charge on any atom is 0.230 e. The first-order valence-electron chi connectivity index (χ1n) is 8.60. The fourth-order valence-electron chi connectivity index (χ4n) is 2.61. The number of hydrogen-bond acceptors (Lipinski definition) is 3. The summed E-state index contributed by atoms with van der Waals surface area (Å²) in [4.78, 5) is 13.5. The van der Waals surface area contributed by atoms with Crippen LogP contribution in [0.1, 0.15) is 37.4 Å². The highest BCUT2D eigenvalue weighted by atomic mass is 32.2. The zero-order valence-corrected chi connectivity index (χ0v) is 16.2. The van der Waals surface area contributed by atoms with Gasteiger partial charge in [0.25, 0.3) is 0 Å². The lowest BCUT2D eigenvalue weighted by Crippen LogP contribution is -2.30. The van der Waals surface area contributed by atoms with Crippen molar-refractivity contribution < 1.29 is 9.53 Å². The number of hydrogen-bond donors (Lipinski definition) is 1. The van der Waals surface area contributed by atoms with E-state index in [1.54, 1.807) is 18.9 Å². The van der Waals surface area contributed by atoms with E-state index in [1.165, 1.54) is 5.56 Å². The van der Waals surface area contributed by atoms with Gasteiger partial charge in [-0.2, -0.15) is 0 Å². The van der Waals surface area contributed by atoms with Crippen molar-refractivity contribution in [1.82, 2.24) is 5.32 Å². The van der Waals surface area contributed by atoms with E-state index in [9.17, 15) is 4.79 Å². The summed E-state index contributed by atoms with van der Waals surface area (Å²) in [7, 11) is 1.66. The highest BCUT2D eigenvalue weighted by Gasteiger charge is 2.16. The summed E-state index contributed by atoms with van der Waals surface area (Å²) in [6.07, 6.45) is 0.910. The fraction of sp³-hybridized carbons (Fsp3) is 0.381. The van der Waals surface area contributed by atoms with Crippen molar-refractivity contribution >= 4 is 17.7 Å². The molecule has 0 aliphatic rings. The van der Waals surface area contributed by atoms with Crippen LogP contribution in [0.25, 0.3) is 0 Å². The van der Waals surface area contributed by atoms with Crippen LogP contribution in [0.15, 0.2) is 53.4 Å². The molecule has 2 aromatic rings. The van der Waals surface area contributed by atoms with Crippen LogP contribution in [0, 0.1) is 12.8 Å². The molecule has 0 radical (unpaired) electrons. The SMILES string of the molecule is COc1ccc([C@@H](CC(C)C)NC(=O)CSc2ccc(C)cc2)cc1. The average Bonchev–Trinajstić information content (AvgIpc) is 2.60. The van der Waals surface area contributed by atoms with E-state index in [1.807, 2.05) is 24.3 Å². The third kappa shape index (κ3) is 6.46. The molecule has 2 rings (SSSR count).